The van der Waals surface area contributed by atoms with Gasteiger partial charge in [-0.1, -0.05) is 32.0 Å². The molecule has 7 heteroatoms. The second-order valence-electron chi connectivity index (χ2n) is 6.80. The van der Waals surface area contributed by atoms with E-state index in [9.17, 15) is 13.2 Å². The number of anilines is 1. The van der Waals surface area contributed by atoms with Crippen molar-refractivity contribution in [2.45, 2.75) is 38.1 Å². The fourth-order valence-electron chi connectivity index (χ4n) is 3.58. The molecule has 1 heterocycles. The normalized spacial score (nSPS) is 16.3. The first-order valence-electron chi connectivity index (χ1n) is 9.51. The number of hydrogen-bond acceptors (Lipinski definition) is 4. The molecule has 1 atom stereocenters. The van der Waals surface area contributed by atoms with Crippen LogP contribution in [-0.4, -0.2) is 44.4 Å². The number of amides is 1. The van der Waals surface area contributed by atoms with Gasteiger partial charge in [0.2, 0.25) is 10.0 Å². The van der Waals surface area contributed by atoms with E-state index in [4.69, 9.17) is 4.74 Å². The summed E-state index contributed by atoms with van der Waals surface area (Å²) in [4.78, 5) is 14.7. The highest BCUT2D eigenvalue weighted by molar-refractivity contribution is 7.89. The van der Waals surface area contributed by atoms with Gasteiger partial charge in [0.1, 0.15) is 5.75 Å². The highest BCUT2D eigenvalue weighted by Crippen LogP contribution is 2.31. The minimum absolute atomic E-state index is 0.0927. The van der Waals surface area contributed by atoms with Crippen molar-refractivity contribution in [3.63, 3.8) is 0 Å². The highest BCUT2D eigenvalue weighted by Gasteiger charge is 2.30. The van der Waals surface area contributed by atoms with Crippen molar-refractivity contribution < 1.29 is 17.9 Å². The van der Waals surface area contributed by atoms with E-state index in [0.29, 0.717) is 18.8 Å². The average molecular weight is 403 g/mol. The summed E-state index contributed by atoms with van der Waals surface area (Å²) in [7, 11) is -3.50. The van der Waals surface area contributed by atoms with E-state index in [1.165, 1.54) is 16.4 Å². The van der Waals surface area contributed by atoms with Gasteiger partial charge < -0.3 is 9.64 Å². The SMILES string of the molecule is CCN(CC)S(=O)(=O)c1ccc(OCC(=O)N2c3ccccc3C[C@H]2C)cc1. The first-order valence-corrected chi connectivity index (χ1v) is 11.0. The molecule has 1 aliphatic heterocycles. The Morgan fingerprint density at radius 1 is 1.11 bits per heavy atom. The van der Waals surface area contributed by atoms with Crippen LogP contribution in [0.2, 0.25) is 0 Å². The van der Waals surface area contributed by atoms with Crippen LogP contribution in [0.5, 0.6) is 5.75 Å². The molecule has 28 heavy (non-hydrogen) atoms. The van der Waals surface area contributed by atoms with Gasteiger partial charge in [0.15, 0.2) is 6.61 Å². The number of nitrogens with zero attached hydrogens (tertiary/aromatic N) is 2. The van der Waals surface area contributed by atoms with Crippen molar-refractivity contribution in [3.05, 3.63) is 54.1 Å². The Morgan fingerprint density at radius 2 is 1.75 bits per heavy atom. The summed E-state index contributed by atoms with van der Waals surface area (Å²) >= 11 is 0. The van der Waals surface area contributed by atoms with Gasteiger partial charge in [-0.3, -0.25) is 4.79 Å². The lowest BCUT2D eigenvalue weighted by Crippen LogP contribution is -2.39. The van der Waals surface area contributed by atoms with E-state index in [1.54, 1.807) is 17.0 Å². The molecule has 0 aromatic heterocycles. The van der Waals surface area contributed by atoms with Gasteiger partial charge in [-0.15, -0.1) is 0 Å². The molecule has 0 radical (unpaired) electrons. The molecule has 2 aromatic carbocycles. The molecule has 1 aliphatic rings. The molecule has 2 aromatic rings. The number of fused-ring (bicyclic) bond motifs is 1. The van der Waals surface area contributed by atoms with Crippen LogP contribution in [0.1, 0.15) is 26.3 Å². The van der Waals surface area contributed by atoms with Gasteiger partial charge in [-0.25, -0.2) is 8.42 Å². The lowest BCUT2D eigenvalue weighted by Gasteiger charge is -2.23. The Kier molecular flexibility index (Phi) is 6.05. The topological polar surface area (TPSA) is 66.9 Å². The molecular formula is C21H26N2O4S. The zero-order chi connectivity index (χ0) is 20.3. The van der Waals surface area contributed by atoms with Crippen molar-refractivity contribution in [1.82, 2.24) is 4.31 Å². The Morgan fingerprint density at radius 3 is 2.39 bits per heavy atom. The van der Waals surface area contributed by atoms with Gasteiger partial charge in [-0.05, 0) is 49.2 Å². The summed E-state index contributed by atoms with van der Waals surface area (Å²) in [5.41, 5.74) is 2.10. The number of rotatable bonds is 7. The third-order valence-corrected chi connectivity index (χ3v) is 7.07. The molecule has 1 amide bonds. The van der Waals surface area contributed by atoms with Crippen molar-refractivity contribution >= 4 is 21.6 Å². The Bertz CT molecular complexity index is 937. The number of carbonyl (C=O) groups excluding carboxylic acids is 1. The summed E-state index contributed by atoms with van der Waals surface area (Å²) in [5, 5.41) is 0. The fraction of sp³-hybridized carbons (Fsp3) is 0.381. The van der Waals surface area contributed by atoms with Crippen LogP contribution >= 0.6 is 0 Å². The summed E-state index contributed by atoms with van der Waals surface area (Å²) < 4.78 is 32.1. The molecule has 0 fully saturated rings. The van der Waals surface area contributed by atoms with E-state index in [2.05, 4.69) is 0 Å². The number of hydrogen-bond donors (Lipinski definition) is 0. The number of ether oxygens (including phenoxy) is 1. The van der Waals surface area contributed by atoms with Crippen LogP contribution in [0, 0.1) is 0 Å². The second kappa shape index (κ2) is 8.32. The Labute approximate surface area is 166 Å². The molecule has 0 aliphatic carbocycles. The van der Waals surface area contributed by atoms with E-state index < -0.39 is 10.0 Å². The van der Waals surface area contributed by atoms with Gasteiger partial charge in [0.05, 0.1) is 4.90 Å². The maximum Gasteiger partial charge on any atom is 0.265 e. The predicted octanol–water partition coefficient (Wildman–Crippen LogP) is 3.07. The number of sulfonamides is 1. The predicted molar refractivity (Wildman–Crippen MR) is 109 cm³/mol. The van der Waals surface area contributed by atoms with Crippen molar-refractivity contribution in [1.29, 1.82) is 0 Å². The molecule has 0 saturated carbocycles. The Balaban J connectivity index is 1.66. The van der Waals surface area contributed by atoms with Crippen molar-refractivity contribution in [2.75, 3.05) is 24.6 Å². The maximum atomic E-state index is 12.7. The highest BCUT2D eigenvalue weighted by atomic mass is 32.2. The maximum absolute atomic E-state index is 12.7. The average Bonchev–Trinajstić information content (AvgIpc) is 3.03. The fourth-order valence-corrected chi connectivity index (χ4v) is 5.04. The summed E-state index contributed by atoms with van der Waals surface area (Å²) in [6.07, 6.45) is 0.833. The molecule has 150 valence electrons. The van der Waals surface area contributed by atoms with Crippen LogP contribution < -0.4 is 9.64 Å². The van der Waals surface area contributed by atoms with Crippen LogP contribution in [-0.2, 0) is 21.2 Å². The largest absolute Gasteiger partial charge is 0.484 e. The standard InChI is InChI=1S/C21H26N2O4S/c1-4-22(5-2)28(25,26)19-12-10-18(11-13-19)27-15-21(24)23-16(3)14-17-8-6-7-9-20(17)23/h6-13,16H,4-5,14-15H2,1-3H3/t16-/m1/s1. The lowest BCUT2D eigenvalue weighted by molar-refractivity contribution is -0.120. The molecule has 0 unspecified atom stereocenters. The third kappa shape index (κ3) is 3.91. The summed E-state index contributed by atoms with van der Waals surface area (Å²) in [6, 6.07) is 14.2. The molecule has 0 N–H and O–H groups in total. The zero-order valence-corrected chi connectivity index (χ0v) is 17.3. The molecule has 0 saturated heterocycles. The van der Waals surface area contributed by atoms with Gasteiger partial charge >= 0.3 is 0 Å². The van der Waals surface area contributed by atoms with Crippen LogP contribution in [0.25, 0.3) is 0 Å². The molecule has 3 rings (SSSR count). The van der Waals surface area contributed by atoms with E-state index >= 15 is 0 Å². The number of benzene rings is 2. The minimum atomic E-state index is -3.50. The van der Waals surface area contributed by atoms with E-state index in [1.807, 2.05) is 45.0 Å². The molecular weight excluding hydrogens is 376 g/mol. The van der Waals surface area contributed by atoms with Gasteiger partial charge in [0, 0.05) is 24.8 Å². The summed E-state index contributed by atoms with van der Waals surface area (Å²) in [6.45, 7) is 6.37. The zero-order valence-electron chi connectivity index (χ0n) is 16.5. The number of para-hydroxylation sites is 1. The monoisotopic (exact) mass is 402 g/mol. The second-order valence-corrected chi connectivity index (χ2v) is 8.73. The van der Waals surface area contributed by atoms with Crippen LogP contribution in [0.4, 0.5) is 5.69 Å². The smallest absolute Gasteiger partial charge is 0.265 e. The first-order chi connectivity index (χ1) is 13.4. The van der Waals surface area contributed by atoms with Gasteiger partial charge in [0.25, 0.3) is 5.91 Å². The molecule has 0 spiro atoms. The molecule has 6 nitrogen and oxygen atoms in total. The lowest BCUT2D eigenvalue weighted by atomic mass is 10.1. The Hall–Kier alpha value is -2.38. The minimum Gasteiger partial charge on any atom is -0.484 e. The van der Waals surface area contributed by atoms with E-state index in [0.717, 1.165) is 17.7 Å². The van der Waals surface area contributed by atoms with E-state index in [-0.39, 0.29) is 23.5 Å². The quantitative estimate of drug-likeness (QED) is 0.714. The van der Waals surface area contributed by atoms with Crippen LogP contribution in [0.3, 0.4) is 0 Å². The molecule has 0 bridgehead atoms. The first kappa shape index (κ1) is 20.4. The summed E-state index contributed by atoms with van der Waals surface area (Å²) in [5.74, 6) is 0.351. The van der Waals surface area contributed by atoms with Gasteiger partial charge in [-0.2, -0.15) is 4.31 Å². The van der Waals surface area contributed by atoms with Crippen molar-refractivity contribution in [3.8, 4) is 5.75 Å². The van der Waals surface area contributed by atoms with Crippen LogP contribution in [0.15, 0.2) is 53.4 Å². The number of carbonyl (C=O) groups is 1. The van der Waals surface area contributed by atoms with Crippen molar-refractivity contribution in [2.24, 2.45) is 0 Å². The third-order valence-electron chi connectivity index (χ3n) is 5.01.